The lowest BCUT2D eigenvalue weighted by Crippen LogP contribution is -2.16. The summed E-state index contributed by atoms with van der Waals surface area (Å²) in [7, 11) is 0. The molecule has 0 saturated carbocycles. The van der Waals surface area contributed by atoms with Crippen molar-refractivity contribution >= 4 is 29.2 Å². The first-order valence-corrected chi connectivity index (χ1v) is 10.3. The van der Waals surface area contributed by atoms with E-state index in [0.717, 1.165) is 16.9 Å². The number of ether oxygens (including phenoxy) is 1. The van der Waals surface area contributed by atoms with Crippen molar-refractivity contribution in [1.29, 1.82) is 0 Å². The highest BCUT2D eigenvalue weighted by Crippen LogP contribution is 2.33. The van der Waals surface area contributed by atoms with Crippen molar-refractivity contribution in [3.8, 4) is 22.6 Å². The number of amides is 1. The predicted molar refractivity (Wildman–Crippen MR) is 121 cm³/mol. The predicted octanol–water partition coefficient (Wildman–Crippen LogP) is 6.30. The van der Waals surface area contributed by atoms with Crippen molar-refractivity contribution in [2.75, 3.05) is 5.32 Å². The zero-order chi connectivity index (χ0) is 21.8. The van der Waals surface area contributed by atoms with Gasteiger partial charge in [0.15, 0.2) is 0 Å². The van der Waals surface area contributed by atoms with Crippen LogP contribution in [0.3, 0.4) is 0 Å². The topological polar surface area (TPSA) is 75.6 Å². The van der Waals surface area contributed by atoms with E-state index in [1.807, 2.05) is 60.7 Å². The molecule has 6 heteroatoms. The molecule has 4 rings (SSSR count). The van der Waals surface area contributed by atoms with Crippen LogP contribution < -0.4 is 10.1 Å². The van der Waals surface area contributed by atoms with E-state index >= 15 is 0 Å². The molecule has 3 aromatic carbocycles. The molecule has 0 saturated heterocycles. The van der Waals surface area contributed by atoms with Gasteiger partial charge in [-0.3, -0.25) is 4.79 Å². The second-order valence-corrected chi connectivity index (χ2v) is 7.61. The van der Waals surface area contributed by atoms with Gasteiger partial charge < -0.3 is 15.2 Å². The van der Waals surface area contributed by atoms with Gasteiger partial charge in [0, 0.05) is 22.4 Å². The van der Waals surface area contributed by atoms with E-state index in [1.54, 1.807) is 12.1 Å². The molecule has 0 unspecified atom stereocenters. The monoisotopic (exact) mass is 433 g/mol. The Morgan fingerprint density at radius 3 is 2.23 bits per heavy atom. The molecule has 0 aromatic heterocycles. The van der Waals surface area contributed by atoms with Crippen molar-refractivity contribution in [2.24, 2.45) is 0 Å². The third kappa shape index (κ3) is 4.78. The molecule has 0 spiro atoms. The quantitative estimate of drug-likeness (QED) is 0.478. The number of carboxylic acid groups (broad SMARTS) is 1. The molecule has 0 bridgehead atoms. The Kier molecular flexibility index (Phi) is 6.05. The maximum absolute atomic E-state index is 12.5. The highest BCUT2D eigenvalue weighted by atomic mass is 35.5. The first-order chi connectivity index (χ1) is 15.0. The average Bonchev–Trinajstić information content (AvgIpc) is 3.26. The summed E-state index contributed by atoms with van der Waals surface area (Å²) < 4.78 is 5.81. The van der Waals surface area contributed by atoms with Crippen molar-refractivity contribution < 1.29 is 19.4 Å². The number of carbonyl (C=O) groups is 2. The normalized spacial score (nSPS) is 13.2. The van der Waals surface area contributed by atoms with Gasteiger partial charge in [0.2, 0.25) is 0 Å². The summed E-state index contributed by atoms with van der Waals surface area (Å²) in [5.74, 6) is 0.0580. The maximum atomic E-state index is 12.5. The van der Waals surface area contributed by atoms with Gasteiger partial charge in [-0.15, -0.1) is 0 Å². The highest BCUT2D eigenvalue weighted by Gasteiger charge is 2.25. The summed E-state index contributed by atoms with van der Waals surface area (Å²) in [4.78, 5) is 23.8. The molecular formula is C25H20ClNO4. The van der Waals surface area contributed by atoms with Crippen LogP contribution >= 0.6 is 11.6 Å². The average molecular weight is 434 g/mol. The Morgan fingerprint density at radius 1 is 0.871 bits per heavy atom. The molecule has 1 amide bonds. The van der Waals surface area contributed by atoms with E-state index in [0.29, 0.717) is 41.3 Å². The van der Waals surface area contributed by atoms with Gasteiger partial charge in [-0.25, -0.2) is 4.79 Å². The molecule has 156 valence electrons. The molecule has 31 heavy (non-hydrogen) atoms. The molecule has 0 fully saturated rings. The number of benzene rings is 3. The van der Waals surface area contributed by atoms with Crippen molar-refractivity contribution in [3.63, 3.8) is 0 Å². The Hall–Kier alpha value is -3.57. The molecule has 0 atom stereocenters. The number of aliphatic carboxylic acids is 1. The van der Waals surface area contributed by atoms with Crippen LogP contribution in [0.4, 0.5) is 5.69 Å². The first-order valence-electron chi connectivity index (χ1n) is 9.91. The fourth-order valence-corrected chi connectivity index (χ4v) is 3.88. The second-order valence-electron chi connectivity index (χ2n) is 7.20. The SMILES string of the molecule is O=C(O)C1=C(C(=O)Nc2ccc(-c3ccc(Oc4ccccc4)cc3)c(Cl)c2)CCC1. The summed E-state index contributed by atoms with van der Waals surface area (Å²) in [6.07, 6.45) is 1.56. The molecular weight excluding hydrogens is 414 g/mol. The summed E-state index contributed by atoms with van der Waals surface area (Å²) in [6.45, 7) is 0. The Morgan fingerprint density at radius 2 is 1.55 bits per heavy atom. The van der Waals surface area contributed by atoms with Crippen LogP contribution in [-0.2, 0) is 9.59 Å². The van der Waals surface area contributed by atoms with Gasteiger partial charge in [-0.05, 0) is 61.2 Å². The minimum atomic E-state index is -1.03. The van der Waals surface area contributed by atoms with E-state index in [4.69, 9.17) is 16.3 Å². The molecule has 5 nitrogen and oxygen atoms in total. The number of halogens is 1. The molecule has 0 radical (unpaired) electrons. The van der Waals surface area contributed by atoms with E-state index in [9.17, 15) is 14.7 Å². The van der Waals surface area contributed by atoms with E-state index in [-0.39, 0.29) is 11.5 Å². The van der Waals surface area contributed by atoms with E-state index in [1.165, 1.54) is 0 Å². The molecule has 3 aromatic rings. The van der Waals surface area contributed by atoms with Crippen molar-refractivity contribution in [3.05, 3.63) is 89.0 Å². The number of rotatable bonds is 6. The number of carbonyl (C=O) groups excluding carboxylic acids is 1. The molecule has 1 aliphatic rings. The number of hydrogen-bond acceptors (Lipinski definition) is 3. The lowest BCUT2D eigenvalue weighted by molar-refractivity contribution is -0.133. The minimum absolute atomic E-state index is 0.193. The number of para-hydroxylation sites is 1. The second kappa shape index (κ2) is 9.06. The Bertz CT molecular complexity index is 1150. The van der Waals surface area contributed by atoms with Crippen molar-refractivity contribution in [1.82, 2.24) is 0 Å². The number of anilines is 1. The van der Waals surface area contributed by atoms with E-state index < -0.39 is 5.97 Å². The van der Waals surface area contributed by atoms with Gasteiger partial charge in [0.25, 0.3) is 5.91 Å². The van der Waals surface area contributed by atoms with Crippen LogP contribution in [0, 0.1) is 0 Å². The zero-order valence-corrected chi connectivity index (χ0v) is 17.4. The minimum Gasteiger partial charge on any atom is -0.478 e. The standard InChI is InChI=1S/C25H20ClNO4/c26-23-15-17(27-24(28)21-7-4-8-22(21)25(29)30)11-14-20(23)16-9-12-19(13-10-16)31-18-5-2-1-3-6-18/h1-3,5-6,9-15H,4,7-8H2,(H,27,28)(H,29,30). The Labute approximate surface area is 184 Å². The van der Waals surface area contributed by atoms with E-state index in [2.05, 4.69) is 5.32 Å². The van der Waals surface area contributed by atoms with Gasteiger partial charge in [-0.2, -0.15) is 0 Å². The third-order valence-electron chi connectivity index (χ3n) is 5.12. The fourth-order valence-electron chi connectivity index (χ4n) is 3.59. The lowest BCUT2D eigenvalue weighted by atomic mass is 10.0. The van der Waals surface area contributed by atoms with Crippen LogP contribution in [0.5, 0.6) is 11.5 Å². The van der Waals surface area contributed by atoms with Crippen LogP contribution in [0.1, 0.15) is 19.3 Å². The summed E-state index contributed by atoms with van der Waals surface area (Å²) in [5.41, 5.74) is 2.78. The fraction of sp³-hybridized carbons (Fsp3) is 0.120. The molecule has 0 heterocycles. The lowest BCUT2D eigenvalue weighted by Gasteiger charge is -2.11. The maximum Gasteiger partial charge on any atom is 0.332 e. The van der Waals surface area contributed by atoms with Crippen LogP contribution in [0.25, 0.3) is 11.1 Å². The van der Waals surface area contributed by atoms with Gasteiger partial charge in [0.1, 0.15) is 11.5 Å². The molecule has 0 aliphatic heterocycles. The van der Waals surface area contributed by atoms with Gasteiger partial charge in [-0.1, -0.05) is 48.0 Å². The zero-order valence-electron chi connectivity index (χ0n) is 16.6. The molecule has 2 N–H and O–H groups in total. The number of carboxylic acids is 1. The smallest absolute Gasteiger partial charge is 0.332 e. The van der Waals surface area contributed by atoms with Gasteiger partial charge >= 0.3 is 5.97 Å². The number of hydrogen-bond donors (Lipinski definition) is 2. The summed E-state index contributed by atoms with van der Waals surface area (Å²) in [6, 6.07) is 22.3. The Balaban J connectivity index is 1.48. The summed E-state index contributed by atoms with van der Waals surface area (Å²) in [5, 5.41) is 12.5. The highest BCUT2D eigenvalue weighted by molar-refractivity contribution is 6.33. The van der Waals surface area contributed by atoms with Gasteiger partial charge in [0.05, 0.1) is 5.02 Å². The first kappa shape index (κ1) is 20.7. The van der Waals surface area contributed by atoms with Crippen LogP contribution in [0.2, 0.25) is 5.02 Å². The van der Waals surface area contributed by atoms with Crippen LogP contribution in [0.15, 0.2) is 83.9 Å². The molecule has 1 aliphatic carbocycles. The van der Waals surface area contributed by atoms with Crippen LogP contribution in [-0.4, -0.2) is 17.0 Å². The largest absolute Gasteiger partial charge is 0.478 e. The third-order valence-corrected chi connectivity index (χ3v) is 5.43. The number of nitrogens with one attached hydrogen (secondary N) is 1. The van der Waals surface area contributed by atoms with Crippen molar-refractivity contribution in [2.45, 2.75) is 19.3 Å². The summed E-state index contributed by atoms with van der Waals surface area (Å²) >= 11 is 6.47.